The number of carbonyl (C=O) groups is 1. The first kappa shape index (κ1) is 11.5. The first-order valence-electron chi connectivity index (χ1n) is 3.86. The van der Waals surface area contributed by atoms with Gasteiger partial charge in [0, 0.05) is 0 Å². The lowest BCUT2D eigenvalue weighted by Crippen LogP contribution is -2.11. The third-order valence-corrected chi connectivity index (χ3v) is 2.02. The number of hydrogen-bond donors (Lipinski definition) is 2. The van der Waals surface area contributed by atoms with E-state index in [9.17, 15) is 13.2 Å². The number of esters is 1. The fourth-order valence-corrected chi connectivity index (χ4v) is 1.40. The number of hydrogen-bond acceptors (Lipinski definition) is 4. The molecule has 0 fully saturated rings. The average molecular weight is 231 g/mol. The van der Waals surface area contributed by atoms with E-state index in [0.717, 1.165) is 0 Å². The summed E-state index contributed by atoms with van der Waals surface area (Å²) in [5.41, 5.74) is 0.270. The number of anilines is 1. The third-order valence-electron chi connectivity index (χ3n) is 1.53. The van der Waals surface area contributed by atoms with Gasteiger partial charge in [0.1, 0.15) is 0 Å². The summed E-state index contributed by atoms with van der Waals surface area (Å²) < 4.78 is 35.7. The van der Waals surface area contributed by atoms with Crippen LogP contribution in [0.3, 0.4) is 0 Å². The highest BCUT2D eigenvalue weighted by molar-refractivity contribution is 7.87. The van der Waals surface area contributed by atoms with Gasteiger partial charge in [-0.2, -0.15) is 8.42 Å². The third kappa shape index (κ3) is 3.56. The van der Waals surface area contributed by atoms with Gasteiger partial charge in [-0.15, -0.1) is 0 Å². The highest BCUT2D eigenvalue weighted by Crippen LogP contribution is 2.12. The van der Waals surface area contributed by atoms with Gasteiger partial charge in [0.05, 0.1) is 18.4 Å². The Bertz CT molecular complexity index is 468. The summed E-state index contributed by atoms with van der Waals surface area (Å²) >= 11 is 0. The molecule has 0 unspecified atom stereocenters. The maximum Gasteiger partial charge on any atom is 0.357 e. The maximum absolute atomic E-state index is 11.1. The van der Waals surface area contributed by atoms with Gasteiger partial charge in [-0.1, -0.05) is 6.07 Å². The lowest BCUT2D eigenvalue weighted by molar-refractivity contribution is 0.0600. The van der Waals surface area contributed by atoms with Crippen LogP contribution in [0, 0.1) is 0 Å². The molecular weight excluding hydrogens is 222 g/mol. The van der Waals surface area contributed by atoms with Crippen molar-refractivity contribution in [2.75, 3.05) is 11.8 Å². The van der Waals surface area contributed by atoms with E-state index in [1.54, 1.807) is 0 Å². The van der Waals surface area contributed by atoms with E-state index in [0.29, 0.717) is 0 Å². The summed E-state index contributed by atoms with van der Waals surface area (Å²) in [6, 6.07) is 5.56. The summed E-state index contributed by atoms with van der Waals surface area (Å²) in [7, 11) is -3.11. The van der Waals surface area contributed by atoms with Crippen LogP contribution in [-0.4, -0.2) is 26.0 Å². The number of benzene rings is 1. The van der Waals surface area contributed by atoms with Crippen molar-refractivity contribution >= 4 is 22.0 Å². The van der Waals surface area contributed by atoms with Crippen molar-refractivity contribution in [1.82, 2.24) is 0 Å². The van der Waals surface area contributed by atoms with Gasteiger partial charge in [-0.3, -0.25) is 9.27 Å². The van der Waals surface area contributed by atoms with Crippen molar-refractivity contribution in [2.45, 2.75) is 0 Å². The normalized spacial score (nSPS) is 10.8. The monoisotopic (exact) mass is 231 g/mol. The Balaban J connectivity index is 2.98. The minimum atomic E-state index is -4.33. The molecule has 0 saturated heterocycles. The maximum atomic E-state index is 11.1. The Morgan fingerprint density at radius 2 is 2.13 bits per heavy atom. The van der Waals surface area contributed by atoms with Crippen LogP contribution in [0.5, 0.6) is 0 Å². The van der Waals surface area contributed by atoms with Gasteiger partial charge in [0.2, 0.25) is 0 Å². The summed E-state index contributed by atoms with van der Waals surface area (Å²) in [5.74, 6) is -0.589. The second-order valence-electron chi connectivity index (χ2n) is 2.65. The van der Waals surface area contributed by atoms with Gasteiger partial charge in [-0.05, 0) is 18.2 Å². The molecule has 0 aliphatic carbocycles. The van der Waals surface area contributed by atoms with Crippen molar-refractivity contribution in [3.05, 3.63) is 29.8 Å². The molecule has 82 valence electrons. The number of rotatable bonds is 3. The predicted molar refractivity (Wildman–Crippen MR) is 53.0 cm³/mol. The van der Waals surface area contributed by atoms with Crippen LogP contribution in [-0.2, 0) is 15.0 Å². The second-order valence-corrected chi connectivity index (χ2v) is 3.80. The van der Waals surface area contributed by atoms with Crippen LogP contribution in [0.1, 0.15) is 10.4 Å². The average Bonchev–Trinajstić information content (AvgIpc) is 2.14. The van der Waals surface area contributed by atoms with Gasteiger partial charge < -0.3 is 4.74 Å². The topological polar surface area (TPSA) is 92.7 Å². The fourth-order valence-electron chi connectivity index (χ4n) is 0.976. The van der Waals surface area contributed by atoms with Gasteiger partial charge in [0.25, 0.3) is 0 Å². The number of carbonyl (C=O) groups excluding carboxylic acids is 1. The summed E-state index contributed by atoms with van der Waals surface area (Å²) in [6.45, 7) is 0. The molecule has 6 nitrogen and oxygen atoms in total. The predicted octanol–water partition coefficient (Wildman–Crippen LogP) is 0.688. The highest BCUT2D eigenvalue weighted by atomic mass is 32.2. The highest BCUT2D eigenvalue weighted by Gasteiger charge is 2.08. The minimum absolute atomic E-state index is 0.0837. The van der Waals surface area contributed by atoms with E-state index in [-0.39, 0.29) is 11.3 Å². The molecule has 0 aromatic heterocycles. The van der Waals surface area contributed by atoms with Gasteiger partial charge >= 0.3 is 16.3 Å². The summed E-state index contributed by atoms with van der Waals surface area (Å²) in [6.07, 6.45) is 0. The minimum Gasteiger partial charge on any atom is -0.465 e. The molecule has 15 heavy (non-hydrogen) atoms. The second kappa shape index (κ2) is 4.28. The van der Waals surface area contributed by atoms with Crippen molar-refractivity contribution in [1.29, 1.82) is 0 Å². The molecule has 0 aliphatic heterocycles. The van der Waals surface area contributed by atoms with E-state index in [1.165, 1.54) is 31.4 Å². The lowest BCUT2D eigenvalue weighted by atomic mass is 10.2. The van der Waals surface area contributed by atoms with E-state index in [1.807, 2.05) is 4.72 Å². The summed E-state index contributed by atoms with van der Waals surface area (Å²) in [4.78, 5) is 11.1. The zero-order chi connectivity index (χ0) is 11.5. The molecule has 1 rings (SSSR count). The molecule has 1 aromatic carbocycles. The number of methoxy groups -OCH3 is 1. The van der Waals surface area contributed by atoms with Crippen LogP contribution >= 0.6 is 0 Å². The smallest absolute Gasteiger partial charge is 0.357 e. The van der Waals surface area contributed by atoms with Crippen LogP contribution in [0.25, 0.3) is 0 Å². The first-order valence-corrected chi connectivity index (χ1v) is 5.30. The van der Waals surface area contributed by atoms with Crippen molar-refractivity contribution in [3.8, 4) is 0 Å². The Kier molecular flexibility index (Phi) is 3.28. The largest absolute Gasteiger partial charge is 0.465 e. The molecule has 0 radical (unpaired) electrons. The van der Waals surface area contributed by atoms with E-state index >= 15 is 0 Å². The zero-order valence-corrected chi connectivity index (χ0v) is 8.61. The Morgan fingerprint density at radius 1 is 1.47 bits per heavy atom. The molecule has 0 aliphatic rings. The van der Waals surface area contributed by atoms with Crippen LogP contribution < -0.4 is 4.72 Å². The van der Waals surface area contributed by atoms with E-state index in [2.05, 4.69) is 4.74 Å². The van der Waals surface area contributed by atoms with Gasteiger partial charge in [-0.25, -0.2) is 4.79 Å². The molecule has 1 aromatic rings. The van der Waals surface area contributed by atoms with Gasteiger partial charge in [0.15, 0.2) is 0 Å². The SMILES string of the molecule is COC(=O)c1cccc(NS(=O)(=O)O)c1. The zero-order valence-electron chi connectivity index (χ0n) is 7.80. The fraction of sp³-hybridized carbons (Fsp3) is 0.125. The van der Waals surface area contributed by atoms with E-state index in [4.69, 9.17) is 4.55 Å². The van der Waals surface area contributed by atoms with Crippen molar-refractivity contribution in [2.24, 2.45) is 0 Å². The molecule has 0 heterocycles. The number of ether oxygens (including phenoxy) is 1. The summed E-state index contributed by atoms with van der Waals surface area (Å²) in [5, 5.41) is 0. The molecular formula is C8H9NO5S. The van der Waals surface area contributed by atoms with Crippen molar-refractivity contribution < 1.29 is 22.5 Å². The standard InChI is InChI=1S/C8H9NO5S/c1-14-8(10)6-3-2-4-7(5-6)9-15(11,12)13/h2-5,9H,1H3,(H,11,12,13). The Morgan fingerprint density at radius 3 is 2.67 bits per heavy atom. The molecule has 7 heteroatoms. The Hall–Kier alpha value is -1.60. The van der Waals surface area contributed by atoms with E-state index < -0.39 is 16.3 Å². The first-order chi connectivity index (χ1) is 6.92. The molecule has 0 spiro atoms. The molecule has 0 bridgehead atoms. The number of nitrogens with one attached hydrogen (secondary N) is 1. The molecule has 2 N–H and O–H groups in total. The molecule has 0 atom stereocenters. The van der Waals surface area contributed by atoms with Crippen LogP contribution in [0.4, 0.5) is 5.69 Å². The molecule has 0 saturated carbocycles. The van der Waals surface area contributed by atoms with Crippen molar-refractivity contribution in [3.63, 3.8) is 0 Å². The van der Waals surface area contributed by atoms with Crippen LogP contribution in [0.2, 0.25) is 0 Å². The van der Waals surface area contributed by atoms with Crippen LogP contribution in [0.15, 0.2) is 24.3 Å². The molecule has 0 amide bonds. The quantitative estimate of drug-likeness (QED) is 0.589. The Labute approximate surface area is 86.8 Å². The lowest BCUT2D eigenvalue weighted by Gasteiger charge is -2.04.